The van der Waals surface area contributed by atoms with Gasteiger partial charge in [-0.25, -0.2) is 0 Å². The molecular weight excluding hydrogens is 314 g/mol. The number of fused-ring (bicyclic) bond motifs is 4. The van der Waals surface area contributed by atoms with Crippen molar-refractivity contribution in [2.24, 2.45) is 0 Å². The van der Waals surface area contributed by atoms with Crippen LogP contribution in [0.25, 0.3) is 5.57 Å². The van der Waals surface area contributed by atoms with Crippen LogP contribution in [0.4, 0.5) is 0 Å². The standard InChI is InChI=1S/C21H23NO3/c1-22(2)13-7-12-21(23)17-9-4-6-11-19(17)24-14-16-15-8-3-5-10-18(15)25-20(16)21/h3-6,8-11,14,20,23H,7,12-13H2,1-2H3. The monoisotopic (exact) mass is 337 g/mol. The van der Waals surface area contributed by atoms with Crippen LogP contribution in [0.15, 0.2) is 54.8 Å². The summed E-state index contributed by atoms with van der Waals surface area (Å²) in [5.74, 6) is 1.49. The Bertz CT molecular complexity index is 814. The van der Waals surface area contributed by atoms with Crippen LogP contribution in [0.2, 0.25) is 0 Å². The smallest absolute Gasteiger partial charge is 0.160 e. The van der Waals surface area contributed by atoms with Gasteiger partial charge < -0.3 is 19.5 Å². The molecule has 0 fully saturated rings. The van der Waals surface area contributed by atoms with E-state index in [1.165, 1.54) is 0 Å². The number of rotatable bonds is 4. The van der Waals surface area contributed by atoms with E-state index in [1.54, 1.807) is 6.26 Å². The van der Waals surface area contributed by atoms with Crippen molar-refractivity contribution in [3.05, 3.63) is 65.9 Å². The third-order valence-electron chi connectivity index (χ3n) is 4.99. The Kier molecular flexibility index (Phi) is 4.02. The van der Waals surface area contributed by atoms with Gasteiger partial charge in [-0.3, -0.25) is 0 Å². The molecule has 4 nitrogen and oxygen atoms in total. The van der Waals surface area contributed by atoms with Crippen LogP contribution in [0.5, 0.6) is 11.5 Å². The molecule has 4 heteroatoms. The first-order valence-corrected chi connectivity index (χ1v) is 8.69. The van der Waals surface area contributed by atoms with Crippen LogP contribution < -0.4 is 9.47 Å². The second kappa shape index (κ2) is 6.21. The molecule has 2 aromatic rings. The SMILES string of the molecule is CN(C)CCCC1(O)c2ccccc2OC=C2c3ccccc3OC21. The Morgan fingerprint density at radius 2 is 1.76 bits per heavy atom. The van der Waals surface area contributed by atoms with Gasteiger partial charge in [0.05, 0.1) is 6.26 Å². The molecule has 2 aromatic carbocycles. The third-order valence-corrected chi connectivity index (χ3v) is 4.99. The van der Waals surface area contributed by atoms with Crippen molar-refractivity contribution in [3.63, 3.8) is 0 Å². The lowest BCUT2D eigenvalue weighted by Crippen LogP contribution is -2.42. The van der Waals surface area contributed by atoms with Crippen molar-refractivity contribution in [1.82, 2.24) is 4.90 Å². The van der Waals surface area contributed by atoms with Gasteiger partial charge in [-0.1, -0.05) is 36.4 Å². The zero-order valence-corrected chi connectivity index (χ0v) is 14.6. The molecule has 0 spiro atoms. The van der Waals surface area contributed by atoms with Gasteiger partial charge in [0.25, 0.3) is 0 Å². The number of hydrogen-bond donors (Lipinski definition) is 1. The number of ether oxygens (including phenoxy) is 2. The van der Waals surface area contributed by atoms with Gasteiger partial charge in [-0.15, -0.1) is 0 Å². The molecule has 1 N–H and O–H groups in total. The number of hydrogen-bond acceptors (Lipinski definition) is 4. The summed E-state index contributed by atoms with van der Waals surface area (Å²) in [6, 6.07) is 15.6. The Hall–Kier alpha value is -2.30. The molecule has 4 rings (SSSR count). The van der Waals surface area contributed by atoms with Gasteiger partial charge in [0, 0.05) is 16.7 Å². The van der Waals surface area contributed by atoms with E-state index in [0.717, 1.165) is 35.4 Å². The molecule has 2 unspecified atom stereocenters. The van der Waals surface area contributed by atoms with E-state index in [4.69, 9.17) is 9.47 Å². The van der Waals surface area contributed by atoms with Crippen LogP contribution >= 0.6 is 0 Å². The molecule has 130 valence electrons. The number of benzene rings is 2. The van der Waals surface area contributed by atoms with Crippen molar-refractivity contribution in [2.75, 3.05) is 20.6 Å². The second-order valence-electron chi connectivity index (χ2n) is 7.01. The van der Waals surface area contributed by atoms with E-state index in [9.17, 15) is 5.11 Å². The van der Waals surface area contributed by atoms with Crippen LogP contribution in [0.1, 0.15) is 24.0 Å². The van der Waals surface area contributed by atoms with Crippen molar-refractivity contribution in [2.45, 2.75) is 24.5 Å². The van der Waals surface area contributed by atoms with Gasteiger partial charge in [-0.05, 0) is 45.6 Å². The fraction of sp³-hybridized carbons (Fsp3) is 0.333. The fourth-order valence-electron chi connectivity index (χ4n) is 3.75. The first kappa shape index (κ1) is 16.2. The molecule has 0 amide bonds. The van der Waals surface area contributed by atoms with E-state index >= 15 is 0 Å². The molecule has 0 saturated heterocycles. The maximum atomic E-state index is 11.8. The normalized spacial score (nSPS) is 23.7. The molecule has 2 atom stereocenters. The lowest BCUT2D eigenvalue weighted by Gasteiger charge is -2.34. The van der Waals surface area contributed by atoms with E-state index in [2.05, 4.69) is 4.90 Å². The van der Waals surface area contributed by atoms with Gasteiger partial charge in [0.1, 0.15) is 17.1 Å². The first-order valence-electron chi connectivity index (χ1n) is 8.69. The lowest BCUT2D eigenvalue weighted by atomic mass is 9.80. The summed E-state index contributed by atoms with van der Waals surface area (Å²) in [5.41, 5.74) is 1.55. The fourth-order valence-corrected chi connectivity index (χ4v) is 3.75. The molecule has 0 saturated carbocycles. The quantitative estimate of drug-likeness (QED) is 0.928. The van der Waals surface area contributed by atoms with Crippen LogP contribution in [-0.4, -0.2) is 36.8 Å². The summed E-state index contributed by atoms with van der Waals surface area (Å²) in [6.45, 7) is 0.907. The number of para-hydroxylation sites is 2. The van der Waals surface area contributed by atoms with Gasteiger partial charge >= 0.3 is 0 Å². The van der Waals surface area contributed by atoms with Gasteiger partial charge in [0.2, 0.25) is 0 Å². The Labute approximate surface area is 148 Å². The maximum Gasteiger partial charge on any atom is 0.160 e. The van der Waals surface area contributed by atoms with Crippen molar-refractivity contribution >= 4 is 5.57 Å². The number of aliphatic hydroxyl groups is 1. The predicted octanol–water partition coefficient (Wildman–Crippen LogP) is 3.41. The minimum absolute atomic E-state index is 0.462. The molecule has 0 radical (unpaired) electrons. The summed E-state index contributed by atoms with van der Waals surface area (Å²) >= 11 is 0. The molecule has 25 heavy (non-hydrogen) atoms. The lowest BCUT2D eigenvalue weighted by molar-refractivity contribution is -0.0453. The zero-order chi connectivity index (χ0) is 17.4. The minimum atomic E-state index is -1.13. The summed E-state index contributed by atoms with van der Waals surface area (Å²) in [7, 11) is 4.09. The highest BCUT2D eigenvalue weighted by Gasteiger charge is 2.49. The third kappa shape index (κ3) is 2.71. The van der Waals surface area contributed by atoms with Crippen molar-refractivity contribution in [1.29, 1.82) is 0 Å². The topological polar surface area (TPSA) is 41.9 Å². The molecule has 2 heterocycles. The average Bonchev–Trinajstić information content (AvgIpc) is 2.94. The highest BCUT2D eigenvalue weighted by Crippen LogP contribution is 2.50. The average molecular weight is 337 g/mol. The Morgan fingerprint density at radius 3 is 2.56 bits per heavy atom. The van der Waals surface area contributed by atoms with Gasteiger partial charge in [-0.2, -0.15) is 0 Å². The summed E-state index contributed by atoms with van der Waals surface area (Å²) in [5, 5.41) is 11.8. The summed E-state index contributed by atoms with van der Waals surface area (Å²) in [4.78, 5) is 2.13. The molecular formula is C21H23NO3. The molecule has 2 aliphatic rings. The van der Waals surface area contributed by atoms with Crippen LogP contribution in [-0.2, 0) is 5.60 Å². The minimum Gasteiger partial charge on any atom is -0.482 e. The highest BCUT2D eigenvalue weighted by atomic mass is 16.5. The van der Waals surface area contributed by atoms with E-state index in [-0.39, 0.29) is 0 Å². The van der Waals surface area contributed by atoms with Crippen molar-refractivity contribution < 1.29 is 14.6 Å². The maximum absolute atomic E-state index is 11.8. The second-order valence-corrected chi connectivity index (χ2v) is 7.01. The summed E-state index contributed by atoms with van der Waals surface area (Å²) < 4.78 is 12.1. The van der Waals surface area contributed by atoms with E-state index < -0.39 is 11.7 Å². The van der Waals surface area contributed by atoms with Crippen LogP contribution in [0.3, 0.4) is 0 Å². The van der Waals surface area contributed by atoms with E-state index in [0.29, 0.717) is 12.2 Å². The van der Waals surface area contributed by atoms with Crippen molar-refractivity contribution in [3.8, 4) is 11.5 Å². The molecule has 0 aliphatic carbocycles. The predicted molar refractivity (Wildman–Crippen MR) is 97.6 cm³/mol. The molecule has 0 aromatic heterocycles. The zero-order valence-electron chi connectivity index (χ0n) is 14.6. The Balaban J connectivity index is 1.78. The summed E-state index contributed by atoms with van der Waals surface area (Å²) in [6.07, 6.45) is 2.73. The van der Waals surface area contributed by atoms with E-state index in [1.807, 2.05) is 62.6 Å². The Morgan fingerprint density at radius 1 is 1.04 bits per heavy atom. The number of nitrogens with zero attached hydrogens (tertiary/aromatic N) is 1. The first-order chi connectivity index (χ1) is 12.1. The largest absolute Gasteiger partial charge is 0.482 e. The van der Waals surface area contributed by atoms with Crippen LogP contribution in [0, 0.1) is 0 Å². The molecule has 0 bridgehead atoms. The molecule has 2 aliphatic heterocycles. The highest BCUT2D eigenvalue weighted by molar-refractivity contribution is 5.79. The van der Waals surface area contributed by atoms with Gasteiger partial charge in [0.15, 0.2) is 6.10 Å².